The number of furan rings is 1. The Morgan fingerprint density at radius 1 is 1.07 bits per heavy atom. The van der Waals surface area contributed by atoms with Gasteiger partial charge < -0.3 is 9.40 Å². The number of hydrogen-bond donors (Lipinski definition) is 1. The number of rotatable bonds is 4. The number of nitrogens with one attached hydrogen (secondary N) is 1. The van der Waals surface area contributed by atoms with Crippen LogP contribution in [0.3, 0.4) is 0 Å². The Balaban J connectivity index is 1.29. The van der Waals surface area contributed by atoms with Gasteiger partial charge in [-0.2, -0.15) is 0 Å². The molecule has 4 heterocycles. The fourth-order valence-corrected chi connectivity index (χ4v) is 5.22. The number of halogens is 1. The van der Waals surface area contributed by atoms with Crippen LogP contribution in [0.4, 0.5) is 0 Å². The summed E-state index contributed by atoms with van der Waals surface area (Å²) in [4.78, 5) is 26.2. The Labute approximate surface area is 173 Å². The number of piperazine rings is 1. The van der Waals surface area contributed by atoms with Crippen molar-refractivity contribution in [3.63, 3.8) is 0 Å². The highest BCUT2D eigenvalue weighted by Gasteiger charge is 2.20. The molecule has 1 N–H and O–H groups in total. The van der Waals surface area contributed by atoms with Crippen LogP contribution < -0.4 is 5.56 Å². The molecule has 0 saturated carbocycles. The minimum atomic E-state index is -0.210. The Bertz CT molecular complexity index is 1190. The number of thiophene rings is 1. The molecule has 0 atom stereocenters. The molecule has 0 radical (unpaired) electrons. The van der Waals surface area contributed by atoms with E-state index in [9.17, 15) is 4.79 Å². The zero-order valence-electron chi connectivity index (χ0n) is 15.2. The zero-order valence-corrected chi connectivity index (χ0v) is 17.6. The van der Waals surface area contributed by atoms with Gasteiger partial charge in [0.15, 0.2) is 0 Å². The van der Waals surface area contributed by atoms with Crippen molar-refractivity contribution < 1.29 is 4.42 Å². The molecular weight excluding hydrogens is 440 g/mol. The molecule has 1 fully saturated rings. The fourth-order valence-electron chi connectivity index (χ4n) is 3.70. The third-order valence-electron chi connectivity index (χ3n) is 5.13. The van der Waals surface area contributed by atoms with E-state index in [0.29, 0.717) is 29.1 Å². The van der Waals surface area contributed by atoms with E-state index in [2.05, 4.69) is 42.8 Å². The van der Waals surface area contributed by atoms with Crippen molar-refractivity contribution in [2.75, 3.05) is 26.2 Å². The first-order chi connectivity index (χ1) is 13.7. The molecule has 0 spiro atoms. The Morgan fingerprint density at radius 2 is 1.82 bits per heavy atom. The van der Waals surface area contributed by atoms with Gasteiger partial charge in [-0.3, -0.25) is 14.6 Å². The molecule has 0 unspecified atom stereocenters. The highest BCUT2D eigenvalue weighted by atomic mass is 79.9. The van der Waals surface area contributed by atoms with Gasteiger partial charge in [0, 0.05) is 43.0 Å². The maximum atomic E-state index is 12.4. The largest absolute Gasteiger partial charge is 0.449 e. The summed E-state index contributed by atoms with van der Waals surface area (Å²) in [5.74, 6) is 0.694. The van der Waals surface area contributed by atoms with Crippen molar-refractivity contribution >= 4 is 49.3 Å². The zero-order chi connectivity index (χ0) is 19.1. The normalized spacial score (nSPS) is 16.3. The number of para-hydroxylation sites is 1. The van der Waals surface area contributed by atoms with Crippen LogP contribution in [0.2, 0.25) is 0 Å². The van der Waals surface area contributed by atoms with Gasteiger partial charge in [0.25, 0.3) is 5.56 Å². The van der Waals surface area contributed by atoms with E-state index < -0.39 is 0 Å². The third kappa shape index (κ3) is 3.53. The molecule has 28 heavy (non-hydrogen) atoms. The van der Waals surface area contributed by atoms with Gasteiger partial charge >= 0.3 is 0 Å². The lowest BCUT2D eigenvalue weighted by atomic mass is 10.2. The van der Waals surface area contributed by atoms with Crippen molar-refractivity contribution in [3.05, 3.63) is 61.2 Å². The Hall–Kier alpha value is -2.00. The molecule has 1 saturated heterocycles. The minimum absolute atomic E-state index is 0.210. The number of hydrogen-bond acceptors (Lipinski definition) is 6. The summed E-state index contributed by atoms with van der Waals surface area (Å²) >= 11 is 5.32. The molecule has 1 aliphatic heterocycles. The summed E-state index contributed by atoms with van der Waals surface area (Å²) in [5, 5.41) is 0.886. The molecule has 8 heteroatoms. The van der Waals surface area contributed by atoms with Crippen molar-refractivity contribution in [3.8, 4) is 0 Å². The molecule has 4 aromatic rings. The second-order valence-electron chi connectivity index (χ2n) is 7.05. The Kier molecular flexibility index (Phi) is 4.80. The number of aromatic nitrogens is 2. The molecular formula is C20H19BrN4O2S. The molecule has 0 amide bonds. The van der Waals surface area contributed by atoms with Crippen LogP contribution in [0.25, 0.3) is 22.1 Å². The van der Waals surface area contributed by atoms with E-state index >= 15 is 0 Å². The van der Waals surface area contributed by atoms with E-state index in [-0.39, 0.29) is 5.56 Å². The van der Waals surface area contributed by atoms with Crippen LogP contribution in [-0.2, 0) is 13.1 Å². The van der Waals surface area contributed by atoms with Crippen LogP contribution in [0.1, 0.15) is 10.7 Å². The second kappa shape index (κ2) is 7.44. The maximum absolute atomic E-state index is 12.4. The van der Waals surface area contributed by atoms with E-state index in [1.165, 1.54) is 8.66 Å². The van der Waals surface area contributed by atoms with Crippen LogP contribution >= 0.6 is 27.3 Å². The van der Waals surface area contributed by atoms with Crippen LogP contribution in [-0.4, -0.2) is 45.9 Å². The third-order valence-corrected chi connectivity index (χ3v) is 6.74. The van der Waals surface area contributed by atoms with Crippen molar-refractivity contribution in [1.29, 1.82) is 0 Å². The van der Waals surface area contributed by atoms with Gasteiger partial charge in [0.05, 0.1) is 10.3 Å². The average Bonchev–Trinajstić information content (AvgIpc) is 3.27. The van der Waals surface area contributed by atoms with Crippen molar-refractivity contribution in [2.24, 2.45) is 0 Å². The molecule has 0 bridgehead atoms. The lowest BCUT2D eigenvalue weighted by Crippen LogP contribution is -2.45. The number of benzene rings is 1. The summed E-state index contributed by atoms with van der Waals surface area (Å²) in [5.41, 5.74) is 1.44. The van der Waals surface area contributed by atoms with Crippen LogP contribution in [0.15, 0.2) is 49.4 Å². The molecule has 6 nitrogen and oxygen atoms in total. The maximum Gasteiger partial charge on any atom is 0.294 e. The minimum Gasteiger partial charge on any atom is -0.449 e. The van der Waals surface area contributed by atoms with Gasteiger partial charge in [0.1, 0.15) is 16.9 Å². The van der Waals surface area contributed by atoms with Crippen molar-refractivity contribution in [2.45, 2.75) is 13.1 Å². The fraction of sp³-hybridized carbons (Fsp3) is 0.300. The SMILES string of the molecule is O=c1[nH]c(CN2CCN(Cc3ccc(Br)s3)CC2)nc2c1oc1ccccc12. The smallest absolute Gasteiger partial charge is 0.294 e. The van der Waals surface area contributed by atoms with E-state index in [1.54, 1.807) is 11.3 Å². The van der Waals surface area contributed by atoms with Crippen LogP contribution in [0, 0.1) is 0 Å². The quantitative estimate of drug-likeness (QED) is 0.503. The highest BCUT2D eigenvalue weighted by Crippen LogP contribution is 2.25. The topological polar surface area (TPSA) is 65.4 Å². The summed E-state index contributed by atoms with van der Waals surface area (Å²) < 4.78 is 6.85. The van der Waals surface area contributed by atoms with E-state index in [0.717, 1.165) is 38.1 Å². The highest BCUT2D eigenvalue weighted by molar-refractivity contribution is 9.11. The standard InChI is InChI=1S/C20H19BrN4O2S/c21-16-6-5-13(28-16)11-24-7-9-25(10-8-24)12-17-22-18-14-3-1-2-4-15(14)27-19(18)20(26)23-17/h1-6H,7-12H2,(H,22,23,26). The van der Waals surface area contributed by atoms with Gasteiger partial charge in [0.2, 0.25) is 5.58 Å². The predicted molar refractivity (Wildman–Crippen MR) is 115 cm³/mol. The molecule has 144 valence electrons. The molecule has 0 aliphatic carbocycles. The molecule has 1 aliphatic rings. The lowest BCUT2D eigenvalue weighted by molar-refractivity contribution is 0.120. The first kappa shape index (κ1) is 18.1. The van der Waals surface area contributed by atoms with Crippen molar-refractivity contribution in [1.82, 2.24) is 19.8 Å². The summed E-state index contributed by atoms with van der Waals surface area (Å²) in [7, 11) is 0. The summed E-state index contributed by atoms with van der Waals surface area (Å²) in [6.45, 7) is 5.57. The number of nitrogens with zero attached hydrogens (tertiary/aromatic N) is 3. The van der Waals surface area contributed by atoms with Gasteiger partial charge in [-0.25, -0.2) is 4.98 Å². The first-order valence-electron chi connectivity index (χ1n) is 9.25. The molecule has 1 aromatic carbocycles. The monoisotopic (exact) mass is 458 g/mol. The first-order valence-corrected chi connectivity index (χ1v) is 10.9. The Morgan fingerprint density at radius 3 is 2.57 bits per heavy atom. The average molecular weight is 459 g/mol. The van der Waals surface area contributed by atoms with Crippen LogP contribution in [0.5, 0.6) is 0 Å². The predicted octanol–water partition coefficient (Wildman–Crippen LogP) is 3.81. The number of fused-ring (bicyclic) bond motifs is 3. The molecule has 5 rings (SSSR count). The molecule has 3 aromatic heterocycles. The number of H-pyrrole nitrogens is 1. The van der Waals surface area contributed by atoms with Gasteiger partial charge in [-0.1, -0.05) is 12.1 Å². The number of aromatic amines is 1. The van der Waals surface area contributed by atoms with E-state index in [1.807, 2.05) is 24.3 Å². The lowest BCUT2D eigenvalue weighted by Gasteiger charge is -2.34. The van der Waals surface area contributed by atoms with E-state index in [4.69, 9.17) is 9.40 Å². The van der Waals surface area contributed by atoms with Gasteiger partial charge in [-0.05, 0) is 40.2 Å². The summed E-state index contributed by atoms with van der Waals surface area (Å²) in [6, 6.07) is 11.9. The summed E-state index contributed by atoms with van der Waals surface area (Å²) in [6.07, 6.45) is 0. The van der Waals surface area contributed by atoms with Gasteiger partial charge in [-0.15, -0.1) is 11.3 Å². The second-order valence-corrected chi connectivity index (χ2v) is 9.59.